The van der Waals surface area contributed by atoms with Gasteiger partial charge in [0.15, 0.2) is 11.6 Å². The van der Waals surface area contributed by atoms with Crippen LogP contribution in [0.1, 0.15) is 25.5 Å². The normalized spacial score (nSPS) is 13.1. The summed E-state index contributed by atoms with van der Waals surface area (Å²) in [5.74, 6) is -2.80. The predicted molar refractivity (Wildman–Crippen MR) is 73.1 cm³/mol. The summed E-state index contributed by atoms with van der Waals surface area (Å²) < 4.78 is 57.9. The molecule has 0 aliphatic carbocycles. The Morgan fingerprint density at radius 3 is 2.23 bits per heavy atom. The summed E-state index contributed by atoms with van der Waals surface area (Å²) in [5.41, 5.74) is 4.84. The maximum absolute atomic E-state index is 13.6. The smallest absolute Gasteiger partial charge is 0.469 e. The number of ether oxygens (including phenoxy) is 2. The Kier molecular flexibility index (Phi) is 6.65. The van der Waals surface area contributed by atoms with Gasteiger partial charge in [0.2, 0.25) is 0 Å². The monoisotopic (exact) mass is 345 g/mol. The third kappa shape index (κ3) is 4.74. The van der Waals surface area contributed by atoms with Crippen LogP contribution in [0.3, 0.4) is 0 Å². The van der Waals surface area contributed by atoms with Crippen LogP contribution >= 0.6 is 12.4 Å². The first kappa shape index (κ1) is 20.5. The van der Waals surface area contributed by atoms with Crippen molar-refractivity contribution in [3.8, 4) is 5.75 Å². The van der Waals surface area contributed by atoms with Gasteiger partial charge in [-0.25, -0.2) is 4.39 Å². The van der Waals surface area contributed by atoms with Crippen LogP contribution in [-0.4, -0.2) is 19.4 Å². The molecule has 1 aromatic rings. The Morgan fingerprint density at radius 1 is 1.27 bits per heavy atom. The molecule has 0 aromatic heterocycles. The van der Waals surface area contributed by atoms with E-state index in [2.05, 4.69) is 9.47 Å². The summed E-state index contributed by atoms with van der Waals surface area (Å²) in [6, 6.07) is 1.82. The number of carbonyl (C=O) groups is 1. The van der Waals surface area contributed by atoms with Crippen LogP contribution in [0.2, 0.25) is 0 Å². The van der Waals surface area contributed by atoms with Crippen molar-refractivity contribution >= 4 is 18.4 Å². The second kappa shape index (κ2) is 7.15. The lowest BCUT2D eigenvalue weighted by Crippen LogP contribution is -2.37. The second-order valence-electron chi connectivity index (χ2n) is 4.93. The number of rotatable bonds is 4. The van der Waals surface area contributed by atoms with E-state index < -0.39 is 35.4 Å². The number of nitrogens with two attached hydrogens (primary N) is 1. The van der Waals surface area contributed by atoms with Gasteiger partial charge in [0.05, 0.1) is 12.5 Å². The van der Waals surface area contributed by atoms with Crippen molar-refractivity contribution in [2.75, 3.05) is 7.11 Å². The third-order valence-corrected chi connectivity index (χ3v) is 3.03. The molecule has 1 rings (SSSR count). The lowest BCUT2D eigenvalue weighted by atomic mass is 9.81. The molecular weight excluding hydrogens is 330 g/mol. The first-order valence-corrected chi connectivity index (χ1v) is 5.88. The fourth-order valence-electron chi connectivity index (χ4n) is 1.72. The number of benzene rings is 1. The molecule has 126 valence electrons. The fraction of sp³-hybridized carbons (Fsp3) is 0.462. The van der Waals surface area contributed by atoms with Gasteiger partial charge >= 0.3 is 12.3 Å². The molecule has 0 fully saturated rings. The standard InChI is InChI=1S/C13H15F4NO3.ClH/c1-12(2,11(19)20-3)10(18)7-4-5-9(8(14)6-7)21-13(15,16)17;/h4-6,10H,18H2,1-3H3;1H/t10-;/m1./s1. The van der Waals surface area contributed by atoms with Gasteiger partial charge in [0.1, 0.15) is 0 Å². The van der Waals surface area contributed by atoms with Crippen LogP contribution in [0.15, 0.2) is 18.2 Å². The minimum absolute atomic E-state index is 0. The molecule has 1 atom stereocenters. The zero-order chi connectivity index (χ0) is 16.4. The SMILES string of the molecule is COC(=O)C(C)(C)[C@H](N)c1ccc(OC(F)(F)F)c(F)c1.Cl. The van der Waals surface area contributed by atoms with E-state index in [1.807, 2.05) is 0 Å². The number of carbonyl (C=O) groups excluding carboxylic acids is 1. The summed E-state index contributed by atoms with van der Waals surface area (Å²) in [6.45, 7) is 2.98. The van der Waals surface area contributed by atoms with Crippen molar-refractivity contribution in [1.82, 2.24) is 0 Å². The van der Waals surface area contributed by atoms with Crippen LogP contribution in [0.4, 0.5) is 17.6 Å². The van der Waals surface area contributed by atoms with Crippen molar-refractivity contribution in [2.45, 2.75) is 26.3 Å². The first-order valence-electron chi connectivity index (χ1n) is 5.88. The van der Waals surface area contributed by atoms with E-state index >= 15 is 0 Å². The van der Waals surface area contributed by atoms with Crippen LogP contribution < -0.4 is 10.5 Å². The number of hydrogen-bond acceptors (Lipinski definition) is 4. The van der Waals surface area contributed by atoms with Crippen molar-refractivity contribution in [3.63, 3.8) is 0 Å². The van der Waals surface area contributed by atoms with E-state index in [1.165, 1.54) is 27.0 Å². The molecule has 0 saturated carbocycles. The van der Waals surface area contributed by atoms with Gasteiger partial charge in [-0.2, -0.15) is 0 Å². The van der Waals surface area contributed by atoms with Crippen molar-refractivity contribution < 1.29 is 31.8 Å². The molecular formula is C13H16ClF4NO3. The van der Waals surface area contributed by atoms with E-state index in [-0.39, 0.29) is 18.0 Å². The minimum Gasteiger partial charge on any atom is -0.469 e. The number of methoxy groups -OCH3 is 1. The fourth-order valence-corrected chi connectivity index (χ4v) is 1.72. The van der Waals surface area contributed by atoms with Crippen molar-refractivity contribution in [2.24, 2.45) is 11.1 Å². The summed E-state index contributed by atoms with van der Waals surface area (Å²) in [5, 5.41) is 0. The third-order valence-electron chi connectivity index (χ3n) is 3.03. The van der Waals surface area contributed by atoms with E-state index in [0.29, 0.717) is 0 Å². The molecule has 0 bridgehead atoms. The maximum Gasteiger partial charge on any atom is 0.573 e. The number of esters is 1. The predicted octanol–water partition coefficient (Wildman–Crippen LogP) is 3.35. The van der Waals surface area contributed by atoms with E-state index in [9.17, 15) is 22.4 Å². The molecule has 1 aromatic carbocycles. The molecule has 0 unspecified atom stereocenters. The van der Waals surface area contributed by atoms with Crippen molar-refractivity contribution in [3.05, 3.63) is 29.6 Å². The van der Waals surface area contributed by atoms with Crippen LogP contribution in [0.25, 0.3) is 0 Å². The van der Waals surface area contributed by atoms with Crippen LogP contribution in [0, 0.1) is 11.2 Å². The zero-order valence-corrected chi connectivity index (χ0v) is 12.8. The van der Waals surface area contributed by atoms with Gasteiger partial charge in [0.25, 0.3) is 0 Å². The Labute approximate surface area is 131 Å². The summed E-state index contributed by atoms with van der Waals surface area (Å²) in [7, 11) is 1.18. The molecule has 0 aliphatic rings. The molecule has 0 saturated heterocycles. The van der Waals surface area contributed by atoms with E-state index in [4.69, 9.17) is 5.73 Å². The largest absolute Gasteiger partial charge is 0.573 e. The molecule has 9 heteroatoms. The summed E-state index contributed by atoms with van der Waals surface area (Å²) in [6.07, 6.45) is -4.99. The zero-order valence-electron chi connectivity index (χ0n) is 12.0. The second-order valence-corrected chi connectivity index (χ2v) is 4.93. The number of halogens is 5. The molecule has 2 N–H and O–H groups in total. The Morgan fingerprint density at radius 2 is 1.82 bits per heavy atom. The van der Waals surface area contributed by atoms with Gasteiger partial charge in [-0.3, -0.25) is 4.79 Å². The van der Waals surface area contributed by atoms with Crippen LogP contribution in [0.5, 0.6) is 5.75 Å². The molecule has 0 radical (unpaired) electrons. The van der Waals surface area contributed by atoms with Crippen LogP contribution in [-0.2, 0) is 9.53 Å². The quantitative estimate of drug-likeness (QED) is 0.671. The lowest BCUT2D eigenvalue weighted by Gasteiger charge is -2.29. The summed E-state index contributed by atoms with van der Waals surface area (Å²) in [4.78, 5) is 11.6. The van der Waals surface area contributed by atoms with E-state index in [1.54, 1.807) is 0 Å². The molecule has 4 nitrogen and oxygen atoms in total. The molecule has 0 spiro atoms. The molecule has 0 heterocycles. The Bertz CT molecular complexity index is 535. The number of alkyl halides is 3. The van der Waals surface area contributed by atoms with E-state index in [0.717, 1.165) is 12.1 Å². The van der Waals surface area contributed by atoms with Gasteiger partial charge in [-0.1, -0.05) is 6.07 Å². The lowest BCUT2D eigenvalue weighted by molar-refractivity contribution is -0.275. The highest BCUT2D eigenvalue weighted by atomic mass is 35.5. The van der Waals surface area contributed by atoms with Gasteiger partial charge in [-0.15, -0.1) is 25.6 Å². The molecule has 22 heavy (non-hydrogen) atoms. The highest BCUT2D eigenvalue weighted by molar-refractivity contribution is 5.85. The highest BCUT2D eigenvalue weighted by Gasteiger charge is 2.37. The topological polar surface area (TPSA) is 61.5 Å². The molecule has 0 amide bonds. The molecule has 0 aliphatic heterocycles. The van der Waals surface area contributed by atoms with Gasteiger partial charge in [0, 0.05) is 6.04 Å². The number of hydrogen-bond donors (Lipinski definition) is 1. The minimum atomic E-state index is -4.99. The van der Waals surface area contributed by atoms with Gasteiger partial charge < -0.3 is 15.2 Å². The van der Waals surface area contributed by atoms with Gasteiger partial charge in [-0.05, 0) is 31.5 Å². The summed E-state index contributed by atoms with van der Waals surface area (Å²) >= 11 is 0. The van der Waals surface area contributed by atoms with Crippen molar-refractivity contribution in [1.29, 1.82) is 0 Å². The maximum atomic E-state index is 13.6. The average molecular weight is 346 g/mol. The first-order chi connectivity index (χ1) is 9.49. The Hall–Kier alpha value is -1.54. The average Bonchev–Trinajstić information content (AvgIpc) is 2.37. The Balaban J connectivity index is 0.00000441. The highest BCUT2D eigenvalue weighted by Crippen LogP contribution is 2.35.